The third-order valence-corrected chi connectivity index (χ3v) is 2.62. The van der Waals surface area contributed by atoms with Gasteiger partial charge in [-0.05, 0) is 30.5 Å². The Hall–Kier alpha value is -1.51. The molecule has 0 bridgehead atoms. The summed E-state index contributed by atoms with van der Waals surface area (Å²) >= 11 is 0. The van der Waals surface area contributed by atoms with Crippen molar-refractivity contribution in [2.24, 2.45) is 0 Å². The average Bonchev–Trinajstić information content (AvgIpc) is 2.20. The quantitative estimate of drug-likeness (QED) is 0.726. The number of aryl methyl sites for hydroxylation is 1. The highest BCUT2D eigenvalue weighted by atomic mass is 16.5. The zero-order valence-electron chi connectivity index (χ0n) is 8.39. The second-order valence-corrected chi connectivity index (χ2v) is 3.44. The monoisotopic (exact) mass is 191 g/mol. The van der Waals surface area contributed by atoms with Gasteiger partial charge in [-0.2, -0.15) is 0 Å². The zero-order valence-corrected chi connectivity index (χ0v) is 8.39. The highest BCUT2D eigenvalue weighted by Gasteiger charge is 2.22. The molecule has 3 nitrogen and oxygen atoms in total. The van der Waals surface area contributed by atoms with E-state index in [0.717, 1.165) is 24.1 Å². The van der Waals surface area contributed by atoms with E-state index in [9.17, 15) is 4.79 Å². The van der Waals surface area contributed by atoms with Crippen LogP contribution in [0.15, 0.2) is 12.1 Å². The Kier molecular flexibility index (Phi) is 2.15. The maximum absolute atomic E-state index is 11.6. The second kappa shape index (κ2) is 3.33. The van der Waals surface area contributed by atoms with Gasteiger partial charge in [0.25, 0.3) is 5.91 Å². The number of carbonyl (C=O) groups excluding carboxylic acids is 1. The smallest absolute Gasteiger partial charge is 0.255 e. The molecule has 2 rings (SSSR count). The number of carbonyl (C=O) groups is 1. The van der Waals surface area contributed by atoms with Crippen molar-refractivity contribution in [2.75, 3.05) is 13.7 Å². The molecule has 1 aromatic carbocycles. The molecule has 0 aromatic heterocycles. The summed E-state index contributed by atoms with van der Waals surface area (Å²) in [5, 5.41) is 2.82. The van der Waals surface area contributed by atoms with Crippen molar-refractivity contribution in [3.05, 3.63) is 28.8 Å². The van der Waals surface area contributed by atoms with E-state index in [2.05, 4.69) is 5.32 Å². The van der Waals surface area contributed by atoms with Crippen LogP contribution in [0.2, 0.25) is 0 Å². The lowest BCUT2D eigenvalue weighted by molar-refractivity contribution is 0.0942. The summed E-state index contributed by atoms with van der Waals surface area (Å²) in [6.45, 7) is 2.75. The van der Waals surface area contributed by atoms with Crippen LogP contribution >= 0.6 is 0 Å². The van der Waals surface area contributed by atoms with Gasteiger partial charge in [-0.15, -0.1) is 0 Å². The summed E-state index contributed by atoms with van der Waals surface area (Å²) in [5.41, 5.74) is 2.99. The average molecular weight is 191 g/mol. The molecule has 1 N–H and O–H groups in total. The summed E-state index contributed by atoms with van der Waals surface area (Å²) in [4.78, 5) is 11.6. The van der Waals surface area contributed by atoms with Crippen LogP contribution in [-0.2, 0) is 6.42 Å². The standard InChI is InChI=1S/C11H13NO2/c1-7-3-4-9(14-2)10-8(7)5-6-12-11(10)13/h3-4H,5-6H2,1-2H3,(H,12,13). The number of nitrogens with one attached hydrogen (secondary N) is 1. The van der Waals surface area contributed by atoms with Crippen LogP contribution in [0, 0.1) is 6.92 Å². The maximum atomic E-state index is 11.6. The fourth-order valence-electron chi connectivity index (χ4n) is 1.86. The Morgan fingerprint density at radius 3 is 2.93 bits per heavy atom. The summed E-state index contributed by atoms with van der Waals surface area (Å²) in [7, 11) is 1.59. The van der Waals surface area contributed by atoms with Gasteiger partial charge in [0.15, 0.2) is 0 Å². The van der Waals surface area contributed by atoms with E-state index < -0.39 is 0 Å². The van der Waals surface area contributed by atoms with Crippen LogP contribution < -0.4 is 10.1 Å². The van der Waals surface area contributed by atoms with E-state index in [0.29, 0.717) is 11.3 Å². The van der Waals surface area contributed by atoms with Crippen molar-refractivity contribution >= 4 is 5.91 Å². The molecule has 74 valence electrons. The van der Waals surface area contributed by atoms with E-state index in [1.807, 2.05) is 19.1 Å². The lowest BCUT2D eigenvalue weighted by Crippen LogP contribution is -2.32. The van der Waals surface area contributed by atoms with Gasteiger partial charge < -0.3 is 10.1 Å². The minimum Gasteiger partial charge on any atom is -0.496 e. The molecule has 1 heterocycles. The minimum absolute atomic E-state index is 0.0215. The summed E-state index contributed by atoms with van der Waals surface area (Å²) in [6.07, 6.45) is 0.893. The highest BCUT2D eigenvalue weighted by molar-refractivity contribution is 5.99. The molecule has 0 saturated heterocycles. The highest BCUT2D eigenvalue weighted by Crippen LogP contribution is 2.27. The fourth-order valence-corrected chi connectivity index (χ4v) is 1.86. The van der Waals surface area contributed by atoms with E-state index in [1.54, 1.807) is 7.11 Å². The molecule has 1 amide bonds. The number of methoxy groups -OCH3 is 1. The van der Waals surface area contributed by atoms with Crippen molar-refractivity contribution in [2.45, 2.75) is 13.3 Å². The van der Waals surface area contributed by atoms with Crippen molar-refractivity contribution < 1.29 is 9.53 Å². The van der Waals surface area contributed by atoms with E-state index in [1.165, 1.54) is 0 Å². The first-order valence-electron chi connectivity index (χ1n) is 4.68. The summed E-state index contributed by atoms with van der Waals surface area (Å²) < 4.78 is 5.18. The molecule has 1 aliphatic heterocycles. The Morgan fingerprint density at radius 1 is 1.43 bits per heavy atom. The van der Waals surface area contributed by atoms with Gasteiger partial charge in [-0.3, -0.25) is 4.79 Å². The van der Waals surface area contributed by atoms with Crippen LogP contribution in [0.1, 0.15) is 21.5 Å². The Bertz CT molecular complexity index is 385. The molecular formula is C11H13NO2. The van der Waals surface area contributed by atoms with Crippen molar-refractivity contribution in [3.8, 4) is 5.75 Å². The normalized spacial score (nSPS) is 14.6. The van der Waals surface area contributed by atoms with Gasteiger partial charge in [0, 0.05) is 6.54 Å². The molecule has 0 atom stereocenters. The molecule has 1 aromatic rings. The van der Waals surface area contributed by atoms with Crippen LogP contribution in [0.25, 0.3) is 0 Å². The number of fused-ring (bicyclic) bond motifs is 1. The van der Waals surface area contributed by atoms with Gasteiger partial charge in [0.2, 0.25) is 0 Å². The van der Waals surface area contributed by atoms with Crippen LogP contribution in [0.3, 0.4) is 0 Å². The number of amides is 1. The SMILES string of the molecule is COc1ccc(C)c2c1C(=O)NCC2. The van der Waals surface area contributed by atoms with Crippen LogP contribution in [-0.4, -0.2) is 19.6 Å². The Labute approximate surface area is 83.1 Å². The number of hydrogen-bond acceptors (Lipinski definition) is 2. The second-order valence-electron chi connectivity index (χ2n) is 3.44. The van der Waals surface area contributed by atoms with Gasteiger partial charge in [0.1, 0.15) is 5.75 Å². The number of benzene rings is 1. The first-order valence-corrected chi connectivity index (χ1v) is 4.68. The van der Waals surface area contributed by atoms with Crippen LogP contribution in [0.4, 0.5) is 0 Å². The summed E-state index contributed by atoms with van der Waals surface area (Å²) in [6, 6.07) is 3.84. The zero-order chi connectivity index (χ0) is 10.1. The fraction of sp³-hybridized carbons (Fsp3) is 0.364. The van der Waals surface area contributed by atoms with Crippen molar-refractivity contribution in [3.63, 3.8) is 0 Å². The van der Waals surface area contributed by atoms with Gasteiger partial charge in [0.05, 0.1) is 12.7 Å². The van der Waals surface area contributed by atoms with Crippen LogP contribution in [0.5, 0.6) is 5.75 Å². The van der Waals surface area contributed by atoms with Gasteiger partial charge >= 0.3 is 0 Å². The molecular weight excluding hydrogens is 178 g/mol. The molecule has 1 aliphatic rings. The third-order valence-electron chi connectivity index (χ3n) is 2.62. The largest absolute Gasteiger partial charge is 0.496 e. The third kappa shape index (κ3) is 1.25. The molecule has 0 spiro atoms. The van der Waals surface area contributed by atoms with E-state index >= 15 is 0 Å². The van der Waals surface area contributed by atoms with Crippen molar-refractivity contribution in [1.82, 2.24) is 5.32 Å². The molecule has 0 saturated carbocycles. The molecule has 0 unspecified atom stereocenters. The maximum Gasteiger partial charge on any atom is 0.255 e. The summed E-state index contributed by atoms with van der Waals surface area (Å²) in [5.74, 6) is 0.648. The molecule has 0 fully saturated rings. The predicted octanol–water partition coefficient (Wildman–Crippen LogP) is 1.29. The molecule has 0 radical (unpaired) electrons. The Morgan fingerprint density at radius 2 is 2.21 bits per heavy atom. The topological polar surface area (TPSA) is 38.3 Å². The van der Waals surface area contributed by atoms with Crippen molar-refractivity contribution in [1.29, 1.82) is 0 Å². The van der Waals surface area contributed by atoms with Gasteiger partial charge in [-0.25, -0.2) is 0 Å². The number of hydrogen-bond donors (Lipinski definition) is 1. The number of ether oxygens (including phenoxy) is 1. The molecule has 3 heteroatoms. The molecule has 0 aliphatic carbocycles. The first kappa shape index (κ1) is 9.06. The molecule has 14 heavy (non-hydrogen) atoms. The van der Waals surface area contributed by atoms with E-state index in [-0.39, 0.29) is 5.91 Å². The number of rotatable bonds is 1. The minimum atomic E-state index is -0.0215. The first-order chi connectivity index (χ1) is 6.74. The van der Waals surface area contributed by atoms with Gasteiger partial charge in [-0.1, -0.05) is 6.07 Å². The predicted molar refractivity (Wildman–Crippen MR) is 53.8 cm³/mol. The lowest BCUT2D eigenvalue weighted by atomic mass is 9.95. The van der Waals surface area contributed by atoms with E-state index in [4.69, 9.17) is 4.74 Å². The Balaban J connectivity index is 2.64. The lowest BCUT2D eigenvalue weighted by Gasteiger charge is -2.20.